The molecule has 0 aliphatic carbocycles. The number of rotatable bonds is 5. The van der Waals surface area contributed by atoms with Crippen molar-refractivity contribution in [3.8, 4) is 0 Å². The van der Waals surface area contributed by atoms with E-state index in [9.17, 15) is 23.3 Å². The molecule has 0 unspecified atom stereocenters. The molecule has 0 saturated heterocycles. The summed E-state index contributed by atoms with van der Waals surface area (Å²) in [6, 6.07) is 13.6. The predicted molar refractivity (Wildman–Crippen MR) is 83.9 cm³/mol. The second-order valence-corrected chi connectivity index (χ2v) is 6.09. The molecule has 8 heteroatoms. The average molecular weight is 332 g/mol. The van der Waals surface area contributed by atoms with Crippen LogP contribution in [0.4, 0.5) is 5.69 Å². The molecular formula is C15H12N2O5S. The molecule has 1 amide bonds. The fourth-order valence-electron chi connectivity index (χ4n) is 1.79. The van der Waals surface area contributed by atoms with E-state index in [0.29, 0.717) is 5.56 Å². The summed E-state index contributed by atoms with van der Waals surface area (Å²) < 4.78 is 26.0. The highest BCUT2D eigenvalue weighted by Gasteiger charge is 2.26. The molecule has 1 N–H and O–H groups in total. The first-order valence-electron chi connectivity index (χ1n) is 6.43. The summed E-state index contributed by atoms with van der Waals surface area (Å²) in [7, 11) is -4.33. The van der Waals surface area contributed by atoms with Gasteiger partial charge in [-0.25, -0.2) is 13.1 Å². The normalized spacial score (nSPS) is 11.3. The van der Waals surface area contributed by atoms with E-state index in [1.165, 1.54) is 18.2 Å². The second kappa shape index (κ2) is 6.84. The lowest BCUT2D eigenvalue weighted by Crippen LogP contribution is -2.29. The van der Waals surface area contributed by atoms with Crippen LogP contribution in [0.5, 0.6) is 0 Å². The van der Waals surface area contributed by atoms with E-state index in [0.717, 1.165) is 18.2 Å². The van der Waals surface area contributed by atoms with E-state index < -0.39 is 31.4 Å². The largest absolute Gasteiger partial charge is 0.289 e. The summed E-state index contributed by atoms with van der Waals surface area (Å²) in [5.41, 5.74) is 0.116. The first-order valence-corrected chi connectivity index (χ1v) is 7.92. The Morgan fingerprint density at radius 1 is 1.04 bits per heavy atom. The number of amides is 1. The number of hydrogen-bond donors (Lipinski definition) is 1. The molecule has 0 saturated carbocycles. The van der Waals surface area contributed by atoms with Crippen LogP contribution in [0, 0.1) is 10.1 Å². The first kappa shape index (κ1) is 16.4. The van der Waals surface area contributed by atoms with Crippen LogP contribution in [0.15, 0.2) is 65.6 Å². The summed E-state index contributed by atoms with van der Waals surface area (Å²) in [6.45, 7) is 0. The minimum atomic E-state index is -4.33. The zero-order valence-corrected chi connectivity index (χ0v) is 12.6. The van der Waals surface area contributed by atoms with Crippen LogP contribution in [0.1, 0.15) is 5.56 Å². The fraction of sp³-hybridized carbons (Fsp3) is 0. The topological polar surface area (TPSA) is 106 Å². The number of nitrogens with zero attached hydrogens (tertiary/aromatic N) is 1. The van der Waals surface area contributed by atoms with Gasteiger partial charge in [0.05, 0.1) is 4.92 Å². The third kappa shape index (κ3) is 4.24. The van der Waals surface area contributed by atoms with Crippen LogP contribution in [-0.2, 0) is 14.8 Å². The summed E-state index contributed by atoms with van der Waals surface area (Å²) in [4.78, 5) is 21.2. The number of nitrogens with one attached hydrogen (secondary N) is 1. The van der Waals surface area contributed by atoms with Crippen molar-refractivity contribution in [2.75, 3.05) is 0 Å². The molecule has 0 fully saturated rings. The van der Waals surface area contributed by atoms with Gasteiger partial charge < -0.3 is 0 Å². The van der Waals surface area contributed by atoms with Crippen LogP contribution >= 0.6 is 0 Å². The van der Waals surface area contributed by atoms with Crippen molar-refractivity contribution in [3.63, 3.8) is 0 Å². The van der Waals surface area contributed by atoms with Crippen LogP contribution in [0.25, 0.3) is 6.08 Å². The van der Waals surface area contributed by atoms with Crippen molar-refractivity contribution < 1.29 is 18.1 Å². The number of nitro benzene ring substituents is 1. The van der Waals surface area contributed by atoms with Gasteiger partial charge in [-0.1, -0.05) is 42.5 Å². The Kier molecular flexibility index (Phi) is 4.87. The van der Waals surface area contributed by atoms with Crippen molar-refractivity contribution in [3.05, 3.63) is 76.4 Å². The molecule has 0 radical (unpaired) electrons. The molecule has 0 spiro atoms. The maximum Gasteiger partial charge on any atom is 0.289 e. The molecular weight excluding hydrogens is 320 g/mol. The minimum absolute atomic E-state index is 0.563. The number of hydrogen-bond acceptors (Lipinski definition) is 5. The Morgan fingerprint density at radius 3 is 2.30 bits per heavy atom. The number of carbonyl (C=O) groups is 1. The number of sulfonamides is 1. The highest BCUT2D eigenvalue weighted by atomic mass is 32.2. The molecule has 0 bridgehead atoms. The van der Waals surface area contributed by atoms with Gasteiger partial charge in [0.2, 0.25) is 0 Å². The zero-order chi connectivity index (χ0) is 16.9. The zero-order valence-electron chi connectivity index (χ0n) is 11.7. The van der Waals surface area contributed by atoms with Gasteiger partial charge in [0, 0.05) is 12.1 Å². The number of para-hydroxylation sites is 1. The Bertz CT molecular complexity index is 860. The quantitative estimate of drug-likeness (QED) is 0.513. The van der Waals surface area contributed by atoms with Crippen molar-refractivity contribution in [2.45, 2.75) is 4.90 Å². The number of benzene rings is 2. The van der Waals surface area contributed by atoms with Crippen LogP contribution in [-0.4, -0.2) is 19.2 Å². The Labute approximate surface area is 132 Å². The molecule has 2 aromatic carbocycles. The van der Waals surface area contributed by atoms with Gasteiger partial charge in [0.1, 0.15) is 0 Å². The first-order chi connectivity index (χ1) is 10.9. The lowest BCUT2D eigenvalue weighted by molar-refractivity contribution is -0.387. The highest BCUT2D eigenvalue weighted by molar-refractivity contribution is 7.90. The molecule has 0 aliphatic rings. The molecule has 2 rings (SSSR count). The Balaban J connectivity index is 2.20. The van der Waals surface area contributed by atoms with Crippen molar-refractivity contribution in [2.24, 2.45) is 0 Å². The summed E-state index contributed by atoms with van der Waals surface area (Å²) in [5.74, 6) is -0.896. The summed E-state index contributed by atoms with van der Waals surface area (Å²) in [6.07, 6.45) is 2.48. The van der Waals surface area contributed by atoms with Crippen LogP contribution < -0.4 is 4.72 Å². The maximum absolute atomic E-state index is 12.1. The molecule has 0 aromatic heterocycles. The van der Waals surface area contributed by atoms with Gasteiger partial charge >= 0.3 is 0 Å². The van der Waals surface area contributed by atoms with Crippen molar-refractivity contribution in [1.29, 1.82) is 0 Å². The lowest BCUT2D eigenvalue weighted by atomic mass is 10.2. The Hall–Kier alpha value is -3.00. The minimum Gasteiger partial charge on any atom is -0.269 e. The molecule has 23 heavy (non-hydrogen) atoms. The maximum atomic E-state index is 12.1. The van der Waals surface area contributed by atoms with Crippen LogP contribution in [0.2, 0.25) is 0 Å². The van der Waals surface area contributed by atoms with Crippen molar-refractivity contribution >= 4 is 27.7 Å². The smallest absolute Gasteiger partial charge is 0.269 e. The van der Waals surface area contributed by atoms with E-state index in [2.05, 4.69) is 0 Å². The molecule has 118 valence electrons. The van der Waals surface area contributed by atoms with Gasteiger partial charge in [0.15, 0.2) is 4.90 Å². The average Bonchev–Trinajstić information content (AvgIpc) is 2.53. The van der Waals surface area contributed by atoms with E-state index >= 15 is 0 Å². The molecule has 0 atom stereocenters. The number of carbonyl (C=O) groups excluding carboxylic acids is 1. The van der Waals surface area contributed by atoms with Gasteiger partial charge in [-0.2, -0.15) is 0 Å². The third-order valence-electron chi connectivity index (χ3n) is 2.81. The summed E-state index contributed by atoms with van der Waals surface area (Å²) in [5, 5.41) is 10.9. The third-order valence-corrected chi connectivity index (χ3v) is 4.21. The van der Waals surface area contributed by atoms with E-state index in [1.807, 2.05) is 0 Å². The molecule has 0 aliphatic heterocycles. The number of nitro groups is 1. The van der Waals surface area contributed by atoms with Gasteiger partial charge in [-0.3, -0.25) is 14.9 Å². The Morgan fingerprint density at radius 2 is 1.65 bits per heavy atom. The predicted octanol–water partition coefficient (Wildman–Crippen LogP) is 2.11. The SMILES string of the molecule is O=C(/C=C/c1ccccc1)NS(=O)(=O)c1ccccc1[N+](=O)[O-]. The summed E-state index contributed by atoms with van der Waals surface area (Å²) >= 11 is 0. The molecule has 7 nitrogen and oxygen atoms in total. The van der Waals surface area contributed by atoms with E-state index in [-0.39, 0.29) is 0 Å². The van der Waals surface area contributed by atoms with Gasteiger partial charge in [-0.05, 0) is 17.7 Å². The monoisotopic (exact) mass is 332 g/mol. The van der Waals surface area contributed by atoms with Gasteiger partial charge in [0.25, 0.3) is 21.6 Å². The standard InChI is InChI=1S/C15H12N2O5S/c18-15(11-10-12-6-2-1-3-7-12)16-23(21,22)14-9-5-4-8-13(14)17(19)20/h1-11H,(H,16,18)/b11-10+. The lowest BCUT2D eigenvalue weighted by Gasteiger charge is -2.05. The highest BCUT2D eigenvalue weighted by Crippen LogP contribution is 2.22. The van der Waals surface area contributed by atoms with E-state index in [4.69, 9.17) is 0 Å². The van der Waals surface area contributed by atoms with Crippen LogP contribution in [0.3, 0.4) is 0 Å². The molecule has 2 aromatic rings. The van der Waals surface area contributed by atoms with Crippen molar-refractivity contribution in [1.82, 2.24) is 4.72 Å². The van der Waals surface area contributed by atoms with E-state index in [1.54, 1.807) is 35.1 Å². The second-order valence-electron chi connectivity index (χ2n) is 4.44. The molecule has 0 heterocycles. The van der Waals surface area contributed by atoms with Gasteiger partial charge in [-0.15, -0.1) is 0 Å². The fourth-order valence-corrected chi connectivity index (χ4v) is 2.91.